The van der Waals surface area contributed by atoms with Crippen molar-refractivity contribution in [3.8, 4) is 0 Å². The Kier molecular flexibility index (Phi) is 4.84. The molecule has 0 spiro atoms. The summed E-state index contributed by atoms with van der Waals surface area (Å²) in [5.74, 6) is 0. The first-order valence-electron chi connectivity index (χ1n) is 13.0. The molecule has 0 saturated carbocycles. The van der Waals surface area contributed by atoms with E-state index in [0.29, 0.717) is 5.71 Å². The highest BCUT2D eigenvalue weighted by Crippen LogP contribution is 2.47. The minimum absolute atomic E-state index is 0.487. The summed E-state index contributed by atoms with van der Waals surface area (Å²) >= 11 is 1.87. The van der Waals surface area contributed by atoms with Crippen LogP contribution in [0.15, 0.2) is 133 Å². The van der Waals surface area contributed by atoms with Crippen molar-refractivity contribution in [2.45, 2.75) is 0 Å². The van der Waals surface area contributed by atoms with Gasteiger partial charge in [-0.15, -0.1) is 11.3 Å². The van der Waals surface area contributed by atoms with Crippen LogP contribution in [-0.4, -0.2) is 10.4 Å². The highest BCUT2D eigenvalue weighted by Gasteiger charge is 2.22. The maximum atomic E-state index is 8.75. The molecule has 0 amide bonds. The zero-order valence-electron chi connectivity index (χ0n) is 21.0. The van der Waals surface area contributed by atoms with Gasteiger partial charge in [0.2, 0.25) is 0 Å². The van der Waals surface area contributed by atoms with Crippen LogP contribution < -0.4 is 5.43 Å². The molecule has 8 rings (SSSR count). The van der Waals surface area contributed by atoms with Crippen molar-refractivity contribution >= 4 is 75.5 Å². The Hall–Kier alpha value is -4.93. The average molecular weight is 518 g/mol. The van der Waals surface area contributed by atoms with Crippen LogP contribution in [-0.2, 0) is 0 Å². The number of aromatic nitrogens is 1. The molecule has 2 N–H and O–H groups in total. The Balaban J connectivity index is 1.56. The smallest absolute Gasteiger partial charge is 0.0795 e. The van der Waals surface area contributed by atoms with Crippen LogP contribution in [0.25, 0.3) is 58.4 Å². The minimum atomic E-state index is 0.487. The van der Waals surface area contributed by atoms with E-state index in [1.54, 1.807) is 0 Å². The van der Waals surface area contributed by atoms with E-state index in [-0.39, 0.29) is 0 Å². The Bertz CT molecular complexity index is 2210. The van der Waals surface area contributed by atoms with Crippen LogP contribution in [0, 0.1) is 5.41 Å². The van der Waals surface area contributed by atoms with Gasteiger partial charge in [-0.05, 0) is 18.2 Å². The highest BCUT2D eigenvalue weighted by atomic mass is 32.1. The largest absolute Gasteiger partial charge is 0.300 e. The molecular weight excluding hydrogens is 494 g/mol. The van der Waals surface area contributed by atoms with Gasteiger partial charge < -0.3 is 5.41 Å². The molecule has 0 unspecified atom stereocenters. The highest BCUT2D eigenvalue weighted by molar-refractivity contribution is 7.27. The SMILES string of the molecule is N=C1C=CC=C/C1=C(/Nn1c2ccccc2c2c3c4ccccc4sc3c3ccccc3c21)c1ccccc1. The molecule has 0 atom stereocenters. The Morgan fingerprint density at radius 2 is 1.31 bits per heavy atom. The molecule has 0 radical (unpaired) electrons. The van der Waals surface area contributed by atoms with E-state index in [9.17, 15) is 0 Å². The Morgan fingerprint density at radius 3 is 2.13 bits per heavy atom. The van der Waals surface area contributed by atoms with Gasteiger partial charge in [-0.2, -0.15) is 0 Å². The molecule has 3 nitrogen and oxygen atoms in total. The second kappa shape index (κ2) is 8.55. The third kappa shape index (κ3) is 3.25. The third-order valence-corrected chi connectivity index (χ3v) is 8.83. The zero-order valence-corrected chi connectivity index (χ0v) is 21.8. The number of allylic oxidation sites excluding steroid dienone is 5. The lowest BCUT2D eigenvalue weighted by Gasteiger charge is -2.20. The van der Waals surface area contributed by atoms with Crippen LogP contribution in [0.1, 0.15) is 5.56 Å². The lowest BCUT2D eigenvalue weighted by molar-refractivity contribution is 1.07. The lowest BCUT2D eigenvalue weighted by Crippen LogP contribution is -2.17. The van der Waals surface area contributed by atoms with Gasteiger partial charge in [-0.1, -0.05) is 109 Å². The number of rotatable bonds is 3. The zero-order chi connectivity index (χ0) is 25.9. The standard InChI is InChI=1S/C35H23N3S/c36-28-19-9-6-16-25(28)33(22-12-2-1-3-13-22)37-38-29-20-10-7-17-26(29)31-32-27-18-8-11-21-30(27)39-35(32)24-15-5-4-14-23(24)34(31)38/h1-21,36-37H/b33-25-,36-28?. The quantitative estimate of drug-likeness (QED) is 0.241. The predicted octanol–water partition coefficient (Wildman–Crippen LogP) is 9.42. The summed E-state index contributed by atoms with van der Waals surface area (Å²) in [6, 6.07) is 36.5. The molecule has 2 aromatic heterocycles. The molecule has 1 aliphatic rings. The van der Waals surface area contributed by atoms with Crippen LogP contribution in [0.3, 0.4) is 0 Å². The van der Waals surface area contributed by atoms with Crippen molar-refractivity contribution in [1.29, 1.82) is 5.41 Å². The first-order valence-corrected chi connectivity index (χ1v) is 13.9. The van der Waals surface area contributed by atoms with E-state index in [1.807, 2.05) is 53.8 Å². The summed E-state index contributed by atoms with van der Waals surface area (Å²) in [6.45, 7) is 0. The second-order valence-electron chi connectivity index (χ2n) is 9.82. The molecule has 0 saturated heterocycles. The minimum Gasteiger partial charge on any atom is -0.300 e. The molecule has 1 aliphatic carbocycles. The topological polar surface area (TPSA) is 40.8 Å². The summed E-state index contributed by atoms with van der Waals surface area (Å²) in [5, 5.41) is 16.3. The molecule has 184 valence electrons. The van der Waals surface area contributed by atoms with E-state index in [4.69, 9.17) is 5.41 Å². The van der Waals surface area contributed by atoms with E-state index >= 15 is 0 Å². The van der Waals surface area contributed by atoms with E-state index in [1.165, 1.54) is 41.7 Å². The molecule has 0 fully saturated rings. The van der Waals surface area contributed by atoms with Gasteiger partial charge in [0.15, 0.2) is 0 Å². The molecule has 0 aliphatic heterocycles. The first kappa shape index (κ1) is 22.1. The van der Waals surface area contributed by atoms with Gasteiger partial charge in [0.1, 0.15) is 0 Å². The van der Waals surface area contributed by atoms with Crippen LogP contribution >= 0.6 is 11.3 Å². The van der Waals surface area contributed by atoms with Gasteiger partial charge in [0.25, 0.3) is 0 Å². The van der Waals surface area contributed by atoms with Gasteiger partial charge in [0, 0.05) is 52.9 Å². The molecule has 2 heterocycles. The number of benzene rings is 5. The molecule has 5 aromatic carbocycles. The molecule has 0 bridgehead atoms. The number of thiophene rings is 1. The Labute approximate surface area is 229 Å². The van der Waals surface area contributed by atoms with Crippen molar-refractivity contribution in [3.63, 3.8) is 0 Å². The van der Waals surface area contributed by atoms with Crippen LogP contribution in [0.4, 0.5) is 0 Å². The number of para-hydroxylation sites is 1. The molecule has 39 heavy (non-hydrogen) atoms. The van der Waals surface area contributed by atoms with Crippen LogP contribution in [0.5, 0.6) is 0 Å². The normalized spacial score (nSPS) is 14.8. The van der Waals surface area contributed by atoms with Crippen molar-refractivity contribution < 1.29 is 0 Å². The first-order chi connectivity index (χ1) is 19.3. The van der Waals surface area contributed by atoms with Crippen LogP contribution in [0.2, 0.25) is 0 Å². The summed E-state index contributed by atoms with van der Waals surface area (Å²) in [5.41, 5.74) is 9.38. The fourth-order valence-corrected chi connectivity index (χ4v) is 7.18. The van der Waals surface area contributed by atoms with E-state index in [0.717, 1.165) is 27.9 Å². The van der Waals surface area contributed by atoms with Gasteiger partial charge in [-0.25, -0.2) is 0 Å². The Morgan fingerprint density at radius 1 is 0.641 bits per heavy atom. The molecule has 7 aromatic rings. The summed E-state index contributed by atoms with van der Waals surface area (Å²) in [7, 11) is 0. The fourth-order valence-electron chi connectivity index (χ4n) is 5.93. The summed E-state index contributed by atoms with van der Waals surface area (Å²) < 4.78 is 4.87. The number of fused-ring (bicyclic) bond motifs is 10. The maximum Gasteiger partial charge on any atom is 0.0795 e. The maximum absolute atomic E-state index is 8.75. The third-order valence-electron chi connectivity index (χ3n) is 7.63. The van der Waals surface area contributed by atoms with E-state index in [2.05, 4.69) is 95.0 Å². The number of hydrogen-bond donors (Lipinski definition) is 2. The monoisotopic (exact) mass is 517 g/mol. The van der Waals surface area contributed by atoms with Gasteiger partial charge >= 0.3 is 0 Å². The number of hydrogen-bond acceptors (Lipinski definition) is 3. The fraction of sp³-hybridized carbons (Fsp3) is 0. The summed E-state index contributed by atoms with van der Waals surface area (Å²) in [6.07, 6.45) is 7.79. The average Bonchev–Trinajstić information content (AvgIpc) is 3.53. The molecule has 4 heteroatoms. The number of nitrogens with one attached hydrogen (secondary N) is 2. The van der Waals surface area contributed by atoms with Gasteiger partial charge in [-0.3, -0.25) is 10.1 Å². The lowest BCUT2D eigenvalue weighted by atomic mass is 9.99. The van der Waals surface area contributed by atoms with Crippen molar-refractivity contribution in [3.05, 3.63) is 139 Å². The second-order valence-corrected chi connectivity index (χ2v) is 10.9. The van der Waals surface area contributed by atoms with E-state index < -0.39 is 0 Å². The van der Waals surface area contributed by atoms with Crippen molar-refractivity contribution in [2.75, 3.05) is 5.43 Å². The van der Waals surface area contributed by atoms with Crippen molar-refractivity contribution in [1.82, 2.24) is 4.68 Å². The number of nitrogens with zero attached hydrogens (tertiary/aromatic N) is 1. The molecular formula is C35H23N3S. The summed E-state index contributed by atoms with van der Waals surface area (Å²) in [4.78, 5) is 0. The van der Waals surface area contributed by atoms with Crippen molar-refractivity contribution in [2.24, 2.45) is 0 Å². The predicted molar refractivity (Wildman–Crippen MR) is 169 cm³/mol. The van der Waals surface area contributed by atoms with Gasteiger partial charge in [0.05, 0.1) is 22.4 Å².